The highest BCUT2D eigenvalue weighted by molar-refractivity contribution is 7.93. The molecule has 164 valence electrons. The number of rotatable bonds is 6. The molecule has 1 heterocycles. The summed E-state index contributed by atoms with van der Waals surface area (Å²) in [5, 5.41) is 0.788. The highest BCUT2D eigenvalue weighted by Crippen LogP contribution is 2.24. The Labute approximate surface area is 188 Å². The van der Waals surface area contributed by atoms with E-state index in [4.69, 9.17) is 16.0 Å². The monoisotopic (exact) mass is 490 g/mol. The molecule has 0 radical (unpaired) electrons. The van der Waals surface area contributed by atoms with Gasteiger partial charge in [0.2, 0.25) is 0 Å². The van der Waals surface area contributed by atoms with E-state index in [9.17, 15) is 21.6 Å². The van der Waals surface area contributed by atoms with Crippen molar-refractivity contribution in [2.45, 2.75) is 9.79 Å². The third-order valence-corrected chi connectivity index (χ3v) is 7.37. The molecule has 0 aliphatic heterocycles. The van der Waals surface area contributed by atoms with Gasteiger partial charge < -0.3 is 4.42 Å². The van der Waals surface area contributed by atoms with Crippen LogP contribution in [-0.2, 0) is 20.0 Å². The van der Waals surface area contributed by atoms with E-state index in [-0.39, 0.29) is 26.7 Å². The highest BCUT2D eigenvalue weighted by Gasteiger charge is 2.19. The number of nitrogens with one attached hydrogen (secondary N) is 2. The first kappa shape index (κ1) is 21.9. The molecule has 1 aromatic heterocycles. The Hall–Kier alpha value is -3.34. The summed E-state index contributed by atoms with van der Waals surface area (Å²) in [6.07, 6.45) is 0. The van der Waals surface area contributed by atoms with Crippen LogP contribution in [0, 0.1) is 0 Å². The van der Waals surface area contributed by atoms with Crippen LogP contribution in [0.25, 0.3) is 11.0 Å². The molecule has 0 spiro atoms. The third kappa shape index (κ3) is 4.77. The highest BCUT2D eigenvalue weighted by atomic mass is 35.5. The summed E-state index contributed by atoms with van der Waals surface area (Å²) in [4.78, 5) is 11.1. The largest absolute Gasteiger partial charge is 0.423 e. The van der Waals surface area contributed by atoms with Crippen LogP contribution < -0.4 is 15.1 Å². The predicted molar refractivity (Wildman–Crippen MR) is 122 cm³/mol. The number of anilines is 2. The van der Waals surface area contributed by atoms with E-state index in [0.29, 0.717) is 10.4 Å². The van der Waals surface area contributed by atoms with Crippen molar-refractivity contribution in [1.29, 1.82) is 0 Å². The molecule has 0 amide bonds. The fourth-order valence-electron chi connectivity index (χ4n) is 2.92. The first-order valence-electron chi connectivity index (χ1n) is 9.08. The lowest BCUT2D eigenvalue weighted by molar-refractivity contribution is 0.560. The maximum Gasteiger partial charge on any atom is 0.336 e. The van der Waals surface area contributed by atoms with Crippen molar-refractivity contribution in [3.63, 3.8) is 0 Å². The second kappa shape index (κ2) is 8.30. The second-order valence-corrected chi connectivity index (χ2v) is 10.5. The Bertz CT molecular complexity index is 1600. The molecule has 0 unspecified atom stereocenters. The molecule has 0 bridgehead atoms. The Morgan fingerprint density at radius 2 is 1.31 bits per heavy atom. The van der Waals surface area contributed by atoms with Gasteiger partial charge in [-0.3, -0.25) is 9.44 Å². The van der Waals surface area contributed by atoms with Crippen molar-refractivity contribution < 1.29 is 21.3 Å². The molecule has 32 heavy (non-hydrogen) atoms. The molecule has 11 heteroatoms. The van der Waals surface area contributed by atoms with Crippen LogP contribution in [0.5, 0.6) is 0 Å². The number of benzene rings is 3. The van der Waals surface area contributed by atoms with E-state index in [1.807, 2.05) is 0 Å². The standard InChI is InChI=1S/C21H15ClN2O6S2/c22-15-3-1-4-16(12-15)23-31(26,27)18-6-2-5-17(13-18)24-32(28,29)19-8-9-20-14(11-19)7-10-21(25)30-20/h1-13,23-24H. The van der Waals surface area contributed by atoms with Gasteiger partial charge in [0.25, 0.3) is 20.0 Å². The minimum Gasteiger partial charge on any atom is -0.423 e. The van der Waals surface area contributed by atoms with Crippen LogP contribution in [0.1, 0.15) is 0 Å². The minimum atomic E-state index is -4.04. The van der Waals surface area contributed by atoms with Crippen molar-refractivity contribution in [2.75, 3.05) is 9.44 Å². The van der Waals surface area contributed by atoms with Crippen molar-refractivity contribution in [3.8, 4) is 0 Å². The lowest BCUT2D eigenvalue weighted by atomic mass is 10.2. The molecule has 0 aliphatic rings. The number of hydrogen-bond acceptors (Lipinski definition) is 6. The zero-order valence-electron chi connectivity index (χ0n) is 16.1. The quantitative estimate of drug-likeness (QED) is 0.393. The molecule has 0 saturated carbocycles. The first-order chi connectivity index (χ1) is 15.1. The molecule has 4 rings (SSSR count). The third-order valence-electron chi connectivity index (χ3n) is 4.37. The lowest BCUT2D eigenvalue weighted by Gasteiger charge is -2.12. The van der Waals surface area contributed by atoms with E-state index in [1.54, 1.807) is 12.1 Å². The van der Waals surface area contributed by atoms with Gasteiger partial charge in [-0.2, -0.15) is 0 Å². The van der Waals surface area contributed by atoms with Gasteiger partial charge in [0.1, 0.15) is 5.58 Å². The molecular weight excluding hydrogens is 476 g/mol. The van der Waals surface area contributed by atoms with Gasteiger partial charge in [-0.25, -0.2) is 21.6 Å². The Kier molecular flexibility index (Phi) is 5.68. The number of hydrogen-bond donors (Lipinski definition) is 2. The molecule has 4 aromatic rings. The Balaban J connectivity index is 1.62. The van der Waals surface area contributed by atoms with Crippen LogP contribution in [-0.4, -0.2) is 16.8 Å². The molecule has 8 nitrogen and oxygen atoms in total. The van der Waals surface area contributed by atoms with Crippen molar-refractivity contribution >= 4 is 54.0 Å². The van der Waals surface area contributed by atoms with Crippen LogP contribution >= 0.6 is 11.6 Å². The van der Waals surface area contributed by atoms with Crippen LogP contribution in [0.4, 0.5) is 11.4 Å². The summed E-state index contributed by atoms with van der Waals surface area (Å²) in [6.45, 7) is 0. The normalized spacial score (nSPS) is 11.9. The summed E-state index contributed by atoms with van der Waals surface area (Å²) in [7, 11) is -8.04. The lowest BCUT2D eigenvalue weighted by Crippen LogP contribution is -2.15. The summed E-state index contributed by atoms with van der Waals surface area (Å²) in [5.74, 6) is 0. The smallest absolute Gasteiger partial charge is 0.336 e. The molecule has 0 aliphatic carbocycles. The fraction of sp³-hybridized carbons (Fsp3) is 0. The van der Waals surface area contributed by atoms with E-state index < -0.39 is 25.7 Å². The van der Waals surface area contributed by atoms with Gasteiger partial charge >= 0.3 is 5.63 Å². The SMILES string of the molecule is O=c1ccc2cc(S(=O)(=O)Nc3cccc(S(=O)(=O)Nc4cccc(Cl)c4)c3)ccc2o1. The maximum atomic E-state index is 12.8. The molecule has 3 aromatic carbocycles. The summed E-state index contributed by atoms with van der Waals surface area (Å²) in [5.41, 5.74) is 0.0252. The van der Waals surface area contributed by atoms with Gasteiger partial charge in [0.05, 0.1) is 21.2 Å². The van der Waals surface area contributed by atoms with Crippen molar-refractivity contribution in [1.82, 2.24) is 0 Å². The van der Waals surface area contributed by atoms with E-state index >= 15 is 0 Å². The molecular formula is C21H15ClN2O6S2. The first-order valence-corrected chi connectivity index (χ1v) is 12.4. The van der Waals surface area contributed by atoms with Gasteiger partial charge in [-0.1, -0.05) is 23.7 Å². The molecule has 0 atom stereocenters. The van der Waals surface area contributed by atoms with Gasteiger partial charge in [-0.15, -0.1) is 0 Å². The summed E-state index contributed by atoms with van der Waals surface area (Å²) in [6, 6.07) is 18.2. The summed E-state index contributed by atoms with van der Waals surface area (Å²) >= 11 is 5.89. The second-order valence-electron chi connectivity index (χ2n) is 6.70. The number of halogens is 1. The molecule has 0 saturated heterocycles. The van der Waals surface area contributed by atoms with Crippen LogP contribution in [0.15, 0.2) is 97.9 Å². The fourth-order valence-corrected chi connectivity index (χ4v) is 5.29. The Morgan fingerprint density at radius 1 is 0.688 bits per heavy atom. The number of fused-ring (bicyclic) bond motifs is 1. The number of sulfonamides is 2. The van der Waals surface area contributed by atoms with Gasteiger partial charge in [-0.05, 0) is 60.7 Å². The van der Waals surface area contributed by atoms with Crippen LogP contribution in [0.3, 0.4) is 0 Å². The topological polar surface area (TPSA) is 123 Å². The van der Waals surface area contributed by atoms with E-state index in [2.05, 4.69) is 9.44 Å². The summed E-state index contributed by atoms with van der Waals surface area (Å²) < 4.78 is 60.8. The minimum absolute atomic E-state index is 0.0543. The van der Waals surface area contributed by atoms with Gasteiger partial charge in [0, 0.05) is 16.5 Å². The van der Waals surface area contributed by atoms with Crippen LogP contribution in [0.2, 0.25) is 5.02 Å². The zero-order chi connectivity index (χ0) is 22.9. The average Bonchev–Trinajstić information content (AvgIpc) is 2.73. The van der Waals surface area contributed by atoms with E-state index in [0.717, 1.165) is 0 Å². The van der Waals surface area contributed by atoms with Crippen molar-refractivity contribution in [2.24, 2.45) is 0 Å². The predicted octanol–water partition coefficient (Wildman–Crippen LogP) is 4.05. The van der Waals surface area contributed by atoms with Crippen molar-refractivity contribution in [3.05, 3.63) is 94.3 Å². The van der Waals surface area contributed by atoms with E-state index in [1.165, 1.54) is 66.7 Å². The average molecular weight is 491 g/mol. The Morgan fingerprint density at radius 3 is 2.00 bits per heavy atom. The molecule has 2 N–H and O–H groups in total. The van der Waals surface area contributed by atoms with Gasteiger partial charge in [0.15, 0.2) is 0 Å². The molecule has 0 fully saturated rings. The maximum absolute atomic E-state index is 12.8. The zero-order valence-corrected chi connectivity index (χ0v) is 18.5.